The number of carbonyl (C=O) groups excluding carboxylic acids is 1. The van der Waals surface area contributed by atoms with E-state index >= 15 is 0 Å². The molecule has 1 aliphatic rings. The third-order valence-corrected chi connectivity index (χ3v) is 4.85. The zero-order valence-electron chi connectivity index (χ0n) is 14.9. The molecule has 0 saturated heterocycles. The summed E-state index contributed by atoms with van der Waals surface area (Å²) < 4.78 is 5.49. The van der Waals surface area contributed by atoms with Crippen LogP contribution in [0.2, 0.25) is 5.02 Å². The molecule has 1 heterocycles. The minimum atomic E-state index is -0.603. The predicted octanol–water partition coefficient (Wildman–Crippen LogP) is 3.63. The summed E-state index contributed by atoms with van der Waals surface area (Å²) >= 11 is 5.93. The van der Waals surface area contributed by atoms with Gasteiger partial charge in [0.2, 0.25) is 11.9 Å². The summed E-state index contributed by atoms with van der Waals surface area (Å²) in [6.45, 7) is -0.0790. The van der Waals surface area contributed by atoms with Crippen LogP contribution >= 0.6 is 11.6 Å². The lowest BCUT2D eigenvalue weighted by molar-refractivity contribution is -0.148. The second-order valence-corrected chi connectivity index (χ2v) is 7.03. The molecule has 8 heteroatoms. The maximum Gasteiger partial charge on any atom is 0.317 e. The third-order valence-electron chi connectivity index (χ3n) is 4.60. The number of halogens is 1. The largest absolute Gasteiger partial charge is 0.457 e. The molecule has 0 unspecified atom stereocenters. The van der Waals surface area contributed by atoms with E-state index in [9.17, 15) is 4.79 Å². The number of benzene rings is 2. The van der Waals surface area contributed by atoms with Crippen LogP contribution in [-0.4, -0.2) is 20.9 Å². The van der Waals surface area contributed by atoms with Gasteiger partial charge in [-0.15, -0.1) is 0 Å². The highest BCUT2D eigenvalue weighted by molar-refractivity contribution is 6.30. The Morgan fingerprint density at radius 3 is 2.46 bits per heavy atom. The topological polar surface area (TPSA) is 103 Å². The van der Waals surface area contributed by atoms with Crippen LogP contribution in [-0.2, 0) is 21.6 Å². The van der Waals surface area contributed by atoms with Gasteiger partial charge >= 0.3 is 5.97 Å². The van der Waals surface area contributed by atoms with Gasteiger partial charge in [-0.2, -0.15) is 15.0 Å². The van der Waals surface area contributed by atoms with Crippen LogP contribution in [0.3, 0.4) is 0 Å². The lowest BCUT2D eigenvalue weighted by Gasteiger charge is -2.15. The van der Waals surface area contributed by atoms with Crippen molar-refractivity contribution >= 4 is 35.2 Å². The van der Waals surface area contributed by atoms with E-state index in [1.54, 1.807) is 12.1 Å². The lowest BCUT2D eigenvalue weighted by Crippen LogP contribution is -2.23. The average molecular weight is 396 g/mol. The van der Waals surface area contributed by atoms with E-state index in [0.29, 0.717) is 11.0 Å². The van der Waals surface area contributed by atoms with Gasteiger partial charge in [-0.3, -0.25) is 4.79 Å². The molecule has 0 radical (unpaired) electrons. The van der Waals surface area contributed by atoms with E-state index in [2.05, 4.69) is 20.3 Å². The Bertz CT molecular complexity index is 991. The van der Waals surface area contributed by atoms with Crippen molar-refractivity contribution in [2.24, 2.45) is 0 Å². The molecule has 0 spiro atoms. The zero-order chi connectivity index (χ0) is 19.6. The van der Waals surface area contributed by atoms with Gasteiger partial charge in [-0.05, 0) is 42.7 Å². The highest BCUT2D eigenvalue weighted by atomic mass is 35.5. The van der Waals surface area contributed by atoms with Crippen molar-refractivity contribution in [3.8, 4) is 0 Å². The molecule has 0 atom stereocenters. The molecule has 1 saturated carbocycles. The summed E-state index contributed by atoms with van der Waals surface area (Å²) in [6, 6.07) is 16.7. The number of nitrogens with zero attached hydrogens (tertiary/aromatic N) is 3. The van der Waals surface area contributed by atoms with E-state index in [0.717, 1.165) is 24.1 Å². The van der Waals surface area contributed by atoms with Gasteiger partial charge in [-0.25, -0.2) is 0 Å². The van der Waals surface area contributed by atoms with Gasteiger partial charge in [0.25, 0.3) is 0 Å². The SMILES string of the molecule is Nc1nc(COC(=O)C2(c3ccc(Cl)cc3)CC2)nc(Nc2ccccc2)n1. The number of nitrogens with one attached hydrogen (secondary N) is 1. The van der Waals surface area contributed by atoms with Gasteiger partial charge in [0, 0.05) is 10.7 Å². The Kier molecular flexibility index (Phi) is 4.83. The molecule has 2 aromatic carbocycles. The Labute approximate surface area is 166 Å². The summed E-state index contributed by atoms with van der Waals surface area (Å²) in [5.41, 5.74) is 6.89. The Morgan fingerprint density at radius 1 is 1.07 bits per heavy atom. The fraction of sp³-hybridized carbons (Fsp3) is 0.200. The maximum absolute atomic E-state index is 12.7. The van der Waals surface area contributed by atoms with Gasteiger partial charge in [0.05, 0.1) is 5.41 Å². The standard InChI is InChI=1S/C20H18ClN5O2/c21-14-8-6-13(7-9-14)20(10-11-20)17(27)28-12-16-24-18(22)26-19(25-16)23-15-4-2-1-3-5-15/h1-9H,10-12H2,(H3,22,23,24,25,26). The van der Waals surface area contributed by atoms with Crippen LogP contribution < -0.4 is 11.1 Å². The molecular formula is C20H18ClN5O2. The highest BCUT2D eigenvalue weighted by Gasteiger charge is 2.52. The minimum Gasteiger partial charge on any atom is -0.457 e. The first kappa shape index (κ1) is 18.2. The molecule has 3 N–H and O–H groups in total. The molecule has 1 aliphatic carbocycles. The van der Waals surface area contributed by atoms with Crippen LogP contribution in [0.15, 0.2) is 54.6 Å². The number of hydrogen-bond acceptors (Lipinski definition) is 7. The summed E-state index contributed by atoms with van der Waals surface area (Å²) in [4.78, 5) is 25.1. The molecule has 0 amide bonds. The number of rotatable bonds is 6. The van der Waals surface area contributed by atoms with E-state index in [1.807, 2.05) is 42.5 Å². The Morgan fingerprint density at radius 2 is 1.79 bits per heavy atom. The molecule has 0 bridgehead atoms. The molecule has 7 nitrogen and oxygen atoms in total. The smallest absolute Gasteiger partial charge is 0.317 e. The molecule has 3 aromatic rings. The number of hydrogen-bond donors (Lipinski definition) is 2. The van der Waals surface area contributed by atoms with Crippen molar-refractivity contribution in [2.45, 2.75) is 24.9 Å². The number of nitrogen functional groups attached to an aromatic ring is 1. The van der Waals surface area contributed by atoms with Crippen LogP contribution in [0.25, 0.3) is 0 Å². The second-order valence-electron chi connectivity index (χ2n) is 6.59. The van der Waals surface area contributed by atoms with Gasteiger partial charge < -0.3 is 15.8 Å². The van der Waals surface area contributed by atoms with Crippen molar-refractivity contribution in [1.82, 2.24) is 15.0 Å². The van der Waals surface area contributed by atoms with E-state index in [-0.39, 0.29) is 24.3 Å². The van der Waals surface area contributed by atoms with Crippen LogP contribution in [0.4, 0.5) is 17.6 Å². The number of ether oxygens (including phenoxy) is 1. The van der Waals surface area contributed by atoms with Gasteiger partial charge in [-0.1, -0.05) is 41.9 Å². The second kappa shape index (κ2) is 7.44. The van der Waals surface area contributed by atoms with Gasteiger partial charge in [0.15, 0.2) is 12.4 Å². The Balaban J connectivity index is 1.44. The van der Waals surface area contributed by atoms with Crippen LogP contribution in [0, 0.1) is 0 Å². The predicted molar refractivity (Wildman–Crippen MR) is 106 cm³/mol. The Hall–Kier alpha value is -3.19. The monoisotopic (exact) mass is 395 g/mol. The van der Waals surface area contributed by atoms with E-state index < -0.39 is 5.41 Å². The number of para-hydroxylation sites is 1. The van der Waals surface area contributed by atoms with Crippen LogP contribution in [0.5, 0.6) is 0 Å². The zero-order valence-corrected chi connectivity index (χ0v) is 15.7. The summed E-state index contributed by atoms with van der Waals surface area (Å²) in [6.07, 6.45) is 1.49. The quantitative estimate of drug-likeness (QED) is 0.614. The minimum absolute atomic E-state index is 0.0540. The van der Waals surface area contributed by atoms with E-state index in [1.165, 1.54) is 0 Å². The number of nitrogens with two attached hydrogens (primary N) is 1. The van der Waals surface area contributed by atoms with Crippen molar-refractivity contribution in [3.63, 3.8) is 0 Å². The number of anilines is 3. The maximum atomic E-state index is 12.7. The number of aromatic nitrogens is 3. The molecular weight excluding hydrogens is 378 g/mol. The number of esters is 1. The molecule has 1 aromatic heterocycles. The van der Waals surface area contributed by atoms with Crippen molar-refractivity contribution in [2.75, 3.05) is 11.1 Å². The fourth-order valence-electron chi connectivity index (χ4n) is 2.98. The normalized spacial score (nSPS) is 14.3. The first-order valence-electron chi connectivity index (χ1n) is 8.81. The van der Waals surface area contributed by atoms with Crippen LogP contribution in [0.1, 0.15) is 24.2 Å². The average Bonchev–Trinajstić information content (AvgIpc) is 3.49. The summed E-state index contributed by atoms with van der Waals surface area (Å²) in [5, 5.41) is 3.68. The summed E-state index contributed by atoms with van der Waals surface area (Å²) in [5.74, 6) is 0.333. The first-order valence-corrected chi connectivity index (χ1v) is 9.19. The molecule has 28 heavy (non-hydrogen) atoms. The fourth-order valence-corrected chi connectivity index (χ4v) is 3.11. The highest BCUT2D eigenvalue weighted by Crippen LogP contribution is 2.49. The van der Waals surface area contributed by atoms with Gasteiger partial charge in [0.1, 0.15) is 0 Å². The van der Waals surface area contributed by atoms with Crippen molar-refractivity contribution in [1.29, 1.82) is 0 Å². The van der Waals surface area contributed by atoms with E-state index in [4.69, 9.17) is 22.1 Å². The summed E-state index contributed by atoms with van der Waals surface area (Å²) in [7, 11) is 0. The molecule has 142 valence electrons. The molecule has 4 rings (SSSR count). The first-order chi connectivity index (χ1) is 13.5. The van der Waals surface area contributed by atoms with Crippen molar-refractivity contribution < 1.29 is 9.53 Å². The van der Waals surface area contributed by atoms with Crippen molar-refractivity contribution in [3.05, 3.63) is 71.0 Å². The number of carbonyl (C=O) groups is 1. The third kappa shape index (κ3) is 3.89. The lowest BCUT2D eigenvalue weighted by atomic mass is 9.96. The molecule has 1 fully saturated rings. The molecule has 0 aliphatic heterocycles.